The van der Waals surface area contributed by atoms with Gasteiger partial charge < -0.3 is 55.0 Å². The van der Waals surface area contributed by atoms with Crippen molar-refractivity contribution in [1.29, 1.82) is 0 Å². The van der Waals surface area contributed by atoms with Gasteiger partial charge in [0.1, 0.15) is 0 Å². The third-order valence-corrected chi connectivity index (χ3v) is 9.38. The second-order valence-electron chi connectivity index (χ2n) is 14.5. The van der Waals surface area contributed by atoms with E-state index in [2.05, 4.69) is 26.6 Å². The molecule has 0 unspecified atom stereocenters. The Morgan fingerprint density at radius 2 is 0.522 bits per heavy atom. The van der Waals surface area contributed by atoms with Crippen LogP contribution in [-0.2, 0) is 71.6 Å². The lowest BCUT2D eigenvalue weighted by Crippen LogP contribution is -2.49. The second kappa shape index (κ2) is 38.1. The zero-order valence-corrected chi connectivity index (χ0v) is 40.1. The summed E-state index contributed by atoms with van der Waals surface area (Å²) >= 11 is 0. The van der Waals surface area contributed by atoms with Gasteiger partial charge in [-0.15, -0.1) is 0 Å². The van der Waals surface area contributed by atoms with Crippen molar-refractivity contribution in [3.05, 3.63) is 0 Å². The Hall–Kier alpha value is -6.03. The predicted octanol–water partition coefficient (Wildman–Crippen LogP) is 1.96. The summed E-state index contributed by atoms with van der Waals surface area (Å²) in [5.74, 6) is -13.6. The number of esters is 6. The smallest absolute Gasteiger partial charge is 0.330 e. The summed E-state index contributed by atoms with van der Waals surface area (Å²) in [4.78, 5) is 138. The van der Waals surface area contributed by atoms with Crippen LogP contribution in [0.25, 0.3) is 0 Å². The van der Waals surface area contributed by atoms with Crippen molar-refractivity contribution < 1.29 is 81.2 Å². The molecule has 5 N–H and O–H groups in total. The molecule has 0 fully saturated rings. The molecule has 0 atom stereocenters. The van der Waals surface area contributed by atoms with Crippen LogP contribution in [0.3, 0.4) is 0 Å². The molecule has 0 aromatic rings. The Morgan fingerprint density at radius 1 is 0.313 bits per heavy atom. The van der Waals surface area contributed by atoms with Crippen molar-refractivity contribution in [3.63, 3.8) is 0 Å². The lowest BCUT2D eigenvalue weighted by molar-refractivity contribution is -0.167. The van der Waals surface area contributed by atoms with Crippen molar-refractivity contribution in [2.24, 2.45) is 17.8 Å². The molecule has 0 radical (unpaired) electrons. The first kappa shape index (κ1) is 61.0. The van der Waals surface area contributed by atoms with Crippen LogP contribution < -0.4 is 26.6 Å². The standard InChI is InChI=1S/C44H74N6O17/c1-7-62-37(54)31(38(55)63-8-2)34(51)45-25-19-13-15-22-28-48-43(60)50(30-24-18-17-21-27-47-36(53)33(41(58)66-11-5)42(59)67-12-6)44(61)49-29-23-16-14-20-26-46-35(52)32(39(56)64-9-3)40(57)65-10-4/h31-33H,7-30H2,1-6H3,(H,45,51)(H,46,52)(H,47,53)(H,48,60)(H,49,61). The second-order valence-corrected chi connectivity index (χ2v) is 14.5. The Kier molecular flexibility index (Phi) is 34.7. The number of hydrogen-bond acceptors (Lipinski definition) is 17. The number of imide groups is 1. The number of urea groups is 2. The molecule has 7 amide bonds. The minimum atomic E-state index is -1.74. The van der Waals surface area contributed by atoms with Crippen LogP contribution in [0.4, 0.5) is 9.59 Å². The van der Waals surface area contributed by atoms with Crippen molar-refractivity contribution in [2.75, 3.05) is 78.9 Å². The van der Waals surface area contributed by atoms with Crippen molar-refractivity contribution >= 4 is 65.6 Å². The Morgan fingerprint density at radius 3 is 0.746 bits per heavy atom. The molecule has 0 aromatic carbocycles. The number of carbonyl (C=O) groups excluding carboxylic acids is 11. The van der Waals surface area contributed by atoms with E-state index < -0.39 is 83.4 Å². The monoisotopic (exact) mass is 959 g/mol. The van der Waals surface area contributed by atoms with Gasteiger partial charge in [0.15, 0.2) is 0 Å². The summed E-state index contributed by atoms with van der Waals surface area (Å²) in [6, 6.07) is -1.21. The fourth-order valence-electron chi connectivity index (χ4n) is 6.06. The molecule has 0 bridgehead atoms. The Labute approximate surface area is 392 Å². The molecule has 23 heteroatoms. The maximum Gasteiger partial charge on any atom is 0.330 e. The van der Waals surface area contributed by atoms with Gasteiger partial charge >= 0.3 is 47.9 Å². The summed E-state index contributed by atoms with van der Waals surface area (Å²) in [5, 5.41) is 13.2. The van der Waals surface area contributed by atoms with Gasteiger partial charge in [-0.05, 0) is 80.1 Å². The normalized spacial score (nSPS) is 10.6. The Balaban J connectivity index is 5.13. The predicted molar refractivity (Wildman–Crippen MR) is 238 cm³/mol. The summed E-state index contributed by atoms with van der Waals surface area (Å²) < 4.78 is 29.0. The molecular weight excluding hydrogens is 885 g/mol. The molecular formula is C44H74N6O17. The highest BCUT2D eigenvalue weighted by atomic mass is 16.6. The maximum atomic E-state index is 13.3. The average Bonchev–Trinajstić information content (AvgIpc) is 3.27. The molecule has 0 aliphatic rings. The van der Waals surface area contributed by atoms with Crippen LogP contribution in [0.2, 0.25) is 0 Å². The van der Waals surface area contributed by atoms with E-state index in [4.69, 9.17) is 28.4 Å². The first-order valence-electron chi connectivity index (χ1n) is 23.3. The van der Waals surface area contributed by atoms with Crippen LogP contribution in [0.5, 0.6) is 0 Å². The number of hydrogen-bond donors (Lipinski definition) is 5. The number of nitrogens with one attached hydrogen (secondary N) is 5. The van der Waals surface area contributed by atoms with Crippen LogP contribution in [0.15, 0.2) is 0 Å². The molecule has 0 saturated heterocycles. The summed E-state index contributed by atoms with van der Waals surface area (Å²) in [6.45, 7) is 10.3. The lowest BCUT2D eigenvalue weighted by atomic mass is 10.1. The largest absolute Gasteiger partial charge is 0.465 e. The van der Waals surface area contributed by atoms with E-state index in [1.54, 1.807) is 41.5 Å². The molecule has 0 aliphatic heterocycles. The van der Waals surface area contributed by atoms with Crippen molar-refractivity contribution in [3.8, 4) is 0 Å². The Bertz CT molecular complexity index is 1440. The van der Waals surface area contributed by atoms with Crippen LogP contribution in [-0.4, -0.2) is 149 Å². The topological polar surface area (TPSA) is 307 Å². The third kappa shape index (κ3) is 26.0. The SMILES string of the molecule is CCOC(=O)C(C(=O)NCCCCCCNC(=O)N(CCCCCCNC(=O)C(C(=O)OCC)C(=O)OCC)C(=O)NCCCCCCNC(=O)C(C(=O)OCC)C(=O)OCC)C(=O)OCC. The lowest BCUT2D eigenvalue weighted by Gasteiger charge is -2.22. The highest BCUT2D eigenvalue weighted by Gasteiger charge is 2.38. The fourth-order valence-corrected chi connectivity index (χ4v) is 6.06. The van der Waals surface area contributed by atoms with Gasteiger partial charge in [-0.2, -0.15) is 0 Å². The summed E-state index contributed by atoms with van der Waals surface area (Å²) in [5.41, 5.74) is 0. The minimum Gasteiger partial charge on any atom is -0.465 e. The maximum absolute atomic E-state index is 13.3. The van der Waals surface area contributed by atoms with Gasteiger partial charge in [0, 0.05) is 39.3 Å². The minimum absolute atomic E-state index is 0.00970. The quantitative estimate of drug-likeness (QED) is 0.0259. The van der Waals surface area contributed by atoms with E-state index in [1.807, 2.05) is 0 Å². The van der Waals surface area contributed by atoms with E-state index in [-0.39, 0.29) is 78.9 Å². The van der Waals surface area contributed by atoms with Crippen LogP contribution in [0, 0.1) is 17.8 Å². The average molecular weight is 959 g/mol. The van der Waals surface area contributed by atoms with E-state index in [1.165, 1.54) is 0 Å². The first-order chi connectivity index (χ1) is 32.2. The van der Waals surface area contributed by atoms with Gasteiger partial charge in [-0.25, -0.2) is 14.5 Å². The molecule has 67 heavy (non-hydrogen) atoms. The van der Waals surface area contributed by atoms with Gasteiger partial charge in [0.05, 0.1) is 39.6 Å². The number of rotatable bonds is 36. The highest BCUT2D eigenvalue weighted by Crippen LogP contribution is 2.10. The highest BCUT2D eigenvalue weighted by molar-refractivity contribution is 6.15. The number of unbranched alkanes of at least 4 members (excludes halogenated alkanes) is 9. The molecule has 0 saturated carbocycles. The van der Waals surface area contributed by atoms with Gasteiger partial charge in [-0.3, -0.25) is 43.2 Å². The third-order valence-electron chi connectivity index (χ3n) is 9.38. The van der Waals surface area contributed by atoms with Gasteiger partial charge in [0.25, 0.3) is 0 Å². The fraction of sp³-hybridized carbons (Fsp3) is 0.750. The molecule has 0 aromatic heterocycles. The van der Waals surface area contributed by atoms with Crippen molar-refractivity contribution in [2.45, 2.75) is 119 Å². The zero-order valence-electron chi connectivity index (χ0n) is 40.1. The van der Waals surface area contributed by atoms with E-state index in [0.29, 0.717) is 77.0 Å². The van der Waals surface area contributed by atoms with Gasteiger partial charge in [-0.1, -0.05) is 38.5 Å². The van der Waals surface area contributed by atoms with E-state index >= 15 is 0 Å². The van der Waals surface area contributed by atoms with E-state index in [0.717, 1.165) is 4.90 Å². The molecule has 0 heterocycles. The summed E-state index contributed by atoms with van der Waals surface area (Å²) in [7, 11) is 0. The zero-order chi connectivity index (χ0) is 50.4. The van der Waals surface area contributed by atoms with Crippen LogP contribution in [0.1, 0.15) is 119 Å². The molecule has 0 spiro atoms. The number of nitrogens with zero attached hydrogens (tertiary/aromatic N) is 1. The molecule has 0 aliphatic carbocycles. The molecule has 23 nitrogen and oxygen atoms in total. The number of carbonyl (C=O) groups is 11. The van der Waals surface area contributed by atoms with Crippen LogP contribution >= 0.6 is 0 Å². The summed E-state index contributed by atoms with van der Waals surface area (Å²) in [6.07, 6.45) is 6.80. The number of ether oxygens (including phenoxy) is 6. The van der Waals surface area contributed by atoms with Gasteiger partial charge in [0.2, 0.25) is 35.5 Å². The van der Waals surface area contributed by atoms with E-state index in [9.17, 15) is 52.7 Å². The first-order valence-corrected chi connectivity index (χ1v) is 23.3. The van der Waals surface area contributed by atoms with Crippen molar-refractivity contribution in [1.82, 2.24) is 31.5 Å². The molecule has 0 rings (SSSR count). The number of amides is 7. The molecule has 382 valence electrons.